The summed E-state index contributed by atoms with van der Waals surface area (Å²) in [5.41, 5.74) is 1.04. The minimum Gasteiger partial charge on any atom is -0.385 e. The molecule has 0 fully saturated rings. The summed E-state index contributed by atoms with van der Waals surface area (Å²) in [6.45, 7) is 1.62. The number of nitriles is 1. The number of nitrogens with zero attached hydrogens (tertiary/aromatic N) is 1. The molecule has 1 atom stereocenters. The summed E-state index contributed by atoms with van der Waals surface area (Å²) in [6.07, 6.45) is 0.313. The number of benzene rings is 2. The van der Waals surface area contributed by atoms with Crippen LogP contribution in [-0.4, -0.2) is 11.0 Å². The van der Waals surface area contributed by atoms with E-state index in [9.17, 15) is 9.90 Å². The molecule has 0 saturated heterocycles. The number of carbonyl (C=O) groups is 1. The van der Waals surface area contributed by atoms with Crippen molar-refractivity contribution in [2.24, 2.45) is 0 Å². The van der Waals surface area contributed by atoms with E-state index >= 15 is 0 Å². The van der Waals surface area contributed by atoms with E-state index in [1.807, 2.05) is 18.2 Å². The minimum absolute atomic E-state index is 0.0308. The molecule has 112 valence electrons. The molecule has 2 aromatic carbocycles. The molecule has 2 aromatic rings. The highest BCUT2D eigenvalue weighted by atomic mass is 16.3. The lowest BCUT2D eigenvalue weighted by Crippen LogP contribution is -2.28. The van der Waals surface area contributed by atoms with Crippen molar-refractivity contribution < 1.29 is 9.90 Å². The van der Waals surface area contributed by atoms with Crippen molar-refractivity contribution in [3.05, 3.63) is 65.7 Å². The van der Waals surface area contributed by atoms with E-state index in [0.29, 0.717) is 17.7 Å². The van der Waals surface area contributed by atoms with Gasteiger partial charge in [-0.2, -0.15) is 5.26 Å². The smallest absolute Gasteiger partial charge is 0.227 e. The highest BCUT2D eigenvalue weighted by Crippen LogP contribution is 2.24. The molecule has 0 bridgehead atoms. The van der Waals surface area contributed by atoms with Crippen LogP contribution in [0.4, 0.5) is 5.69 Å². The van der Waals surface area contributed by atoms with Gasteiger partial charge in [0.15, 0.2) is 0 Å². The fraction of sp³-hybridized carbons (Fsp3) is 0.222. The van der Waals surface area contributed by atoms with Crippen LogP contribution in [0.5, 0.6) is 0 Å². The van der Waals surface area contributed by atoms with Crippen LogP contribution in [0.1, 0.15) is 24.5 Å². The van der Waals surface area contributed by atoms with Gasteiger partial charge in [-0.15, -0.1) is 0 Å². The van der Waals surface area contributed by atoms with Crippen LogP contribution >= 0.6 is 0 Å². The predicted octanol–water partition coefficient (Wildman–Crippen LogP) is 2.99. The zero-order chi connectivity index (χ0) is 16.0. The summed E-state index contributed by atoms with van der Waals surface area (Å²) < 4.78 is 0. The molecule has 0 spiro atoms. The first kappa shape index (κ1) is 15.7. The van der Waals surface area contributed by atoms with Gasteiger partial charge in [0.25, 0.3) is 0 Å². The van der Waals surface area contributed by atoms with Gasteiger partial charge >= 0.3 is 0 Å². The molecule has 2 N–H and O–H groups in total. The Balaban J connectivity index is 1.99. The summed E-state index contributed by atoms with van der Waals surface area (Å²) in [7, 11) is 0. The molecule has 0 saturated carbocycles. The maximum absolute atomic E-state index is 12.1. The lowest BCUT2D eigenvalue weighted by molar-refractivity contribution is -0.120. The maximum Gasteiger partial charge on any atom is 0.227 e. The molecule has 0 aliphatic rings. The highest BCUT2D eigenvalue weighted by molar-refractivity contribution is 5.91. The molecule has 1 unspecified atom stereocenters. The summed E-state index contributed by atoms with van der Waals surface area (Å²) in [6, 6.07) is 18.3. The topological polar surface area (TPSA) is 73.1 Å². The first-order valence-electron chi connectivity index (χ1n) is 7.05. The first-order chi connectivity index (χ1) is 10.5. The van der Waals surface area contributed by atoms with Crippen LogP contribution in [-0.2, 0) is 16.8 Å². The highest BCUT2D eigenvalue weighted by Gasteiger charge is 2.26. The largest absolute Gasteiger partial charge is 0.385 e. The quantitative estimate of drug-likeness (QED) is 0.890. The van der Waals surface area contributed by atoms with Crippen molar-refractivity contribution in [1.29, 1.82) is 5.26 Å². The van der Waals surface area contributed by atoms with Crippen LogP contribution in [0.3, 0.4) is 0 Å². The molecular formula is C18H18N2O2. The van der Waals surface area contributed by atoms with E-state index in [-0.39, 0.29) is 12.3 Å². The van der Waals surface area contributed by atoms with Gasteiger partial charge in [-0.25, -0.2) is 0 Å². The Bertz CT molecular complexity index is 670. The standard InChI is InChI=1S/C18H18N2O2/c1-18(22,15-5-3-2-4-6-15)13-17(21)20-16-9-7-14(8-10-16)11-12-19/h2-10,22H,11,13H2,1H3,(H,20,21). The number of hydrogen-bond acceptors (Lipinski definition) is 3. The van der Waals surface area contributed by atoms with Crippen molar-refractivity contribution in [1.82, 2.24) is 0 Å². The number of nitrogens with one attached hydrogen (secondary N) is 1. The third-order valence-electron chi connectivity index (χ3n) is 3.42. The molecule has 0 aliphatic heterocycles. The molecule has 2 rings (SSSR count). The van der Waals surface area contributed by atoms with Crippen molar-refractivity contribution in [3.63, 3.8) is 0 Å². The number of anilines is 1. The molecular weight excluding hydrogens is 276 g/mol. The molecule has 22 heavy (non-hydrogen) atoms. The van der Waals surface area contributed by atoms with Gasteiger partial charge in [-0.3, -0.25) is 4.79 Å². The number of rotatable bonds is 5. The molecule has 4 nitrogen and oxygen atoms in total. The summed E-state index contributed by atoms with van der Waals surface area (Å²) in [4.78, 5) is 12.1. The van der Waals surface area contributed by atoms with Crippen LogP contribution in [0.2, 0.25) is 0 Å². The number of hydrogen-bond donors (Lipinski definition) is 2. The Morgan fingerprint density at radius 2 is 1.82 bits per heavy atom. The maximum atomic E-state index is 12.1. The van der Waals surface area contributed by atoms with Crippen LogP contribution in [0.15, 0.2) is 54.6 Å². The normalized spacial score (nSPS) is 13.0. The van der Waals surface area contributed by atoms with Crippen LogP contribution < -0.4 is 5.32 Å². The van der Waals surface area contributed by atoms with Gasteiger partial charge in [-0.05, 0) is 30.2 Å². The molecule has 0 aromatic heterocycles. The molecule has 0 heterocycles. The van der Waals surface area contributed by atoms with Gasteiger partial charge in [0.2, 0.25) is 5.91 Å². The van der Waals surface area contributed by atoms with E-state index < -0.39 is 5.60 Å². The minimum atomic E-state index is -1.22. The van der Waals surface area contributed by atoms with Crippen LogP contribution in [0, 0.1) is 11.3 Å². The number of aliphatic hydroxyl groups is 1. The second-order valence-corrected chi connectivity index (χ2v) is 5.40. The van der Waals surface area contributed by atoms with E-state index in [4.69, 9.17) is 5.26 Å². The van der Waals surface area contributed by atoms with Gasteiger partial charge in [0, 0.05) is 5.69 Å². The van der Waals surface area contributed by atoms with E-state index in [0.717, 1.165) is 5.56 Å². The SMILES string of the molecule is CC(O)(CC(=O)Nc1ccc(CC#N)cc1)c1ccccc1. The van der Waals surface area contributed by atoms with E-state index in [1.165, 1.54) is 0 Å². The average molecular weight is 294 g/mol. The number of amides is 1. The summed E-state index contributed by atoms with van der Waals surface area (Å²) in [5, 5.41) is 21.8. The lowest BCUT2D eigenvalue weighted by atomic mass is 9.92. The van der Waals surface area contributed by atoms with Crippen molar-refractivity contribution in [2.45, 2.75) is 25.4 Å². The lowest BCUT2D eigenvalue weighted by Gasteiger charge is -2.23. The van der Waals surface area contributed by atoms with Gasteiger partial charge in [0.1, 0.15) is 0 Å². The fourth-order valence-corrected chi connectivity index (χ4v) is 2.21. The van der Waals surface area contributed by atoms with Crippen LogP contribution in [0.25, 0.3) is 0 Å². The molecule has 4 heteroatoms. The zero-order valence-electron chi connectivity index (χ0n) is 12.4. The number of carbonyl (C=O) groups excluding carboxylic acids is 1. The Labute approximate surface area is 130 Å². The third-order valence-corrected chi connectivity index (χ3v) is 3.42. The van der Waals surface area contributed by atoms with E-state index in [1.54, 1.807) is 43.3 Å². The Morgan fingerprint density at radius 1 is 1.18 bits per heavy atom. The zero-order valence-corrected chi connectivity index (χ0v) is 12.4. The fourth-order valence-electron chi connectivity index (χ4n) is 2.21. The monoisotopic (exact) mass is 294 g/mol. The third kappa shape index (κ3) is 4.18. The van der Waals surface area contributed by atoms with Gasteiger partial charge in [0.05, 0.1) is 24.5 Å². The Morgan fingerprint density at radius 3 is 2.41 bits per heavy atom. The van der Waals surface area contributed by atoms with Crippen molar-refractivity contribution in [3.8, 4) is 6.07 Å². The van der Waals surface area contributed by atoms with Gasteiger partial charge < -0.3 is 10.4 Å². The second kappa shape index (κ2) is 6.88. The molecule has 1 amide bonds. The van der Waals surface area contributed by atoms with Crippen molar-refractivity contribution in [2.75, 3.05) is 5.32 Å². The second-order valence-electron chi connectivity index (χ2n) is 5.40. The Kier molecular flexibility index (Phi) is 4.92. The van der Waals surface area contributed by atoms with Crippen molar-refractivity contribution >= 4 is 11.6 Å². The van der Waals surface area contributed by atoms with E-state index in [2.05, 4.69) is 11.4 Å². The van der Waals surface area contributed by atoms with Gasteiger partial charge in [-0.1, -0.05) is 42.5 Å². The average Bonchev–Trinajstić information content (AvgIpc) is 2.50. The molecule has 0 aliphatic carbocycles. The first-order valence-corrected chi connectivity index (χ1v) is 7.05. The summed E-state index contributed by atoms with van der Waals surface area (Å²) >= 11 is 0. The Hall–Kier alpha value is -2.64. The predicted molar refractivity (Wildman–Crippen MR) is 85.0 cm³/mol. The summed E-state index contributed by atoms with van der Waals surface area (Å²) in [5.74, 6) is -0.262. The molecule has 0 radical (unpaired) electrons.